The van der Waals surface area contributed by atoms with Gasteiger partial charge >= 0.3 is 0 Å². The van der Waals surface area contributed by atoms with Gasteiger partial charge in [-0.2, -0.15) is 0 Å². The van der Waals surface area contributed by atoms with Crippen LogP contribution in [0.1, 0.15) is 176 Å². The number of hydrogen-bond acceptors (Lipinski definition) is 6. The zero-order chi connectivity index (χ0) is 70.1. The molecule has 0 saturated heterocycles. The number of hydrogen-bond donors (Lipinski definition) is 0. The number of nitrogens with zero attached hydrogens (tertiary/aromatic N) is 3. The topological polar surface area (TPSA) is 48.3 Å². The van der Waals surface area contributed by atoms with Crippen LogP contribution in [0, 0.1) is 27.7 Å². The fourth-order valence-corrected chi connectivity index (χ4v) is 19.0. The fourth-order valence-electron chi connectivity index (χ4n) is 19.0. The second kappa shape index (κ2) is 28.0. The van der Waals surface area contributed by atoms with Crippen LogP contribution in [0.15, 0.2) is 194 Å². The Balaban J connectivity index is 0.879. The van der Waals surface area contributed by atoms with Gasteiger partial charge in [-0.3, -0.25) is 0 Å². The highest BCUT2D eigenvalue weighted by Crippen LogP contribution is 2.52. The summed E-state index contributed by atoms with van der Waals surface area (Å²) in [6.45, 7) is 12.8. The van der Waals surface area contributed by atoms with Gasteiger partial charge in [0.25, 0.3) is 20.1 Å². The smallest absolute Gasteiger partial charge is 0.261 e. The van der Waals surface area contributed by atoms with E-state index in [1.54, 1.807) is 0 Å². The number of ether oxygens (including phenoxy) is 4. The lowest BCUT2D eigenvalue weighted by Crippen LogP contribution is -2.66. The van der Waals surface area contributed by atoms with E-state index in [-0.39, 0.29) is 13.4 Å². The van der Waals surface area contributed by atoms with Crippen LogP contribution in [-0.2, 0) is 12.8 Å². The maximum atomic E-state index is 7.79. The predicted octanol–water partition coefficient (Wildman–Crippen LogP) is 20.5. The molecule has 11 aromatic carbocycles. The monoisotopic (exact) mass is 1360 g/mol. The summed E-state index contributed by atoms with van der Waals surface area (Å²) in [4.78, 5) is 5.15. The van der Waals surface area contributed by atoms with E-state index in [1.807, 2.05) is 0 Å². The molecule has 0 saturated carbocycles. The Morgan fingerprint density at radius 3 is 0.990 bits per heavy atom. The largest absolute Gasteiger partial charge is 0.459 e. The lowest BCUT2D eigenvalue weighted by molar-refractivity contribution is 0.466. The molecule has 0 fully saturated rings. The van der Waals surface area contributed by atoms with Crippen LogP contribution in [0.4, 0.5) is 34.1 Å². The van der Waals surface area contributed by atoms with Gasteiger partial charge in [-0.25, -0.2) is 0 Å². The molecule has 18 rings (SSSR count). The van der Waals surface area contributed by atoms with Crippen LogP contribution in [0.25, 0.3) is 27.5 Å². The first-order valence-electron chi connectivity index (χ1n) is 39.7. The Morgan fingerprint density at radius 2 is 0.615 bits per heavy atom. The summed E-state index contributed by atoms with van der Waals surface area (Å²) in [5.74, 6) is 6.65. The highest BCUT2D eigenvalue weighted by atomic mass is 16.5. The SMILES string of the molecule is CCCCCCCCCCCCc1ccc2c(c1)c1cc(CCCCCCCCCCCC)ccc1n2-c1cc2c3c(c1)N(c1cc(C)cc(C)c1)c1cc4c5c(c1B3c1c(cc3c6c1Oc1ccccc1B6c1ccccc1O3)N2c1cc(C)cc(C)c1)Oc1ccccc1B5c1ccccc1O4. The van der Waals surface area contributed by atoms with Gasteiger partial charge < -0.3 is 33.3 Å². The van der Waals surface area contributed by atoms with E-state index in [1.165, 1.54) is 189 Å². The third-order valence-corrected chi connectivity index (χ3v) is 23.6. The zero-order valence-corrected chi connectivity index (χ0v) is 61.7. The van der Waals surface area contributed by atoms with Crippen molar-refractivity contribution >= 4 is 125 Å². The third kappa shape index (κ3) is 11.7. The van der Waals surface area contributed by atoms with Crippen molar-refractivity contribution in [2.45, 2.75) is 183 Å². The van der Waals surface area contributed by atoms with Crippen LogP contribution < -0.4 is 77.9 Å². The molecule has 6 aliphatic heterocycles. The molecule has 12 aromatic rings. The summed E-state index contributed by atoms with van der Waals surface area (Å²) in [5.41, 5.74) is 27.3. The predicted molar refractivity (Wildman–Crippen MR) is 440 cm³/mol. The molecule has 0 amide bonds. The van der Waals surface area contributed by atoms with E-state index in [0.717, 1.165) is 142 Å². The van der Waals surface area contributed by atoms with E-state index < -0.39 is 6.71 Å². The van der Waals surface area contributed by atoms with Crippen molar-refractivity contribution in [1.29, 1.82) is 0 Å². The van der Waals surface area contributed by atoms with Crippen LogP contribution in [0.3, 0.4) is 0 Å². The number of aromatic nitrogens is 1. The van der Waals surface area contributed by atoms with Crippen molar-refractivity contribution < 1.29 is 18.9 Å². The van der Waals surface area contributed by atoms with E-state index >= 15 is 0 Å². The standard InChI is InChI=1S/C94H94B3N3O4/c1-7-9-11-13-15-17-19-21-23-25-35-65-45-47-76-70(55-65)71-56-66(36-26-24-22-20-18-16-14-12-10-8-2)46-48-77(71)98(76)69-57-78-88-79(58-69)100(68-53-63(5)50-64(6)54-68)81-60-87-92-94(104-85-44-34-30-40-75(85)96(92)73-38-28-32-42-83(73)102-87)90(81)97(88)89-80(99(78)67-51-61(3)49-62(4)52-67)59-86-91-93(89)103-84-43-33-29-39-74(84)95(91)72-37-27-31-41-82(72)101-86/h27-34,37-60H,7-26,35-36H2,1-6H3. The number of benzene rings is 11. The molecule has 0 radical (unpaired) electrons. The van der Waals surface area contributed by atoms with E-state index in [2.05, 4.69) is 250 Å². The minimum atomic E-state index is -0.449. The van der Waals surface area contributed by atoms with Crippen LogP contribution in [0.5, 0.6) is 46.0 Å². The van der Waals surface area contributed by atoms with Gasteiger partial charge in [0.1, 0.15) is 46.0 Å². The molecular weight excluding hydrogens is 1270 g/mol. The average molecular weight is 1360 g/mol. The highest BCUT2D eigenvalue weighted by molar-refractivity contribution is 7.05. The average Bonchev–Trinajstić information content (AvgIpc) is 0.689. The second-order valence-electron chi connectivity index (χ2n) is 31.1. The Bertz CT molecular complexity index is 4960. The number of para-hydroxylation sites is 4. The summed E-state index contributed by atoms with van der Waals surface area (Å²) in [7, 11) is 0. The van der Waals surface area contributed by atoms with Crippen molar-refractivity contribution in [2.24, 2.45) is 0 Å². The van der Waals surface area contributed by atoms with E-state index in [4.69, 9.17) is 18.9 Å². The quantitative estimate of drug-likeness (QED) is 0.0420. The molecule has 0 atom stereocenters. The van der Waals surface area contributed by atoms with Crippen molar-refractivity contribution in [3.63, 3.8) is 0 Å². The van der Waals surface area contributed by atoms with E-state index in [0.29, 0.717) is 0 Å². The number of unbranched alkanes of at least 4 members (excludes halogenated alkanes) is 18. The van der Waals surface area contributed by atoms with Crippen molar-refractivity contribution in [2.75, 3.05) is 9.80 Å². The molecular formula is C94H94B3N3O4. The van der Waals surface area contributed by atoms with Gasteiger partial charge in [0.05, 0.1) is 16.7 Å². The molecule has 7 nitrogen and oxygen atoms in total. The molecule has 6 aliphatic rings. The Hall–Kier alpha value is -9.79. The first-order valence-corrected chi connectivity index (χ1v) is 39.7. The molecule has 10 heteroatoms. The molecule has 0 N–H and O–H groups in total. The molecule has 0 unspecified atom stereocenters. The van der Waals surface area contributed by atoms with Crippen LogP contribution in [-0.4, -0.2) is 24.7 Å². The molecule has 104 heavy (non-hydrogen) atoms. The summed E-state index contributed by atoms with van der Waals surface area (Å²) in [5, 5.41) is 2.63. The lowest BCUT2D eigenvalue weighted by atomic mass is 9.29. The second-order valence-corrected chi connectivity index (χ2v) is 31.1. The number of anilines is 6. The maximum absolute atomic E-state index is 7.79. The normalized spacial score (nSPS) is 13.6. The maximum Gasteiger partial charge on any atom is 0.261 e. The number of fused-ring (bicyclic) bond motifs is 17. The third-order valence-electron chi connectivity index (χ3n) is 23.6. The molecule has 1 aromatic heterocycles. The van der Waals surface area contributed by atoms with Crippen molar-refractivity contribution in [1.82, 2.24) is 4.57 Å². The first-order chi connectivity index (χ1) is 51.2. The summed E-state index contributed by atoms with van der Waals surface area (Å²) >= 11 is 0. The Kier molecular flexibility index (Phi) is 17.8. The Morgan fingerprint density at radius 1 is 0.279 bits per heavy atom. The Labute approximate surface area is 616 Å². The molecule has 0 aliphatic carbocycles. The van der Waals surface area contributed by atoms with Crippen molar-refractivity contribution in [3.05, 3.63) is 228 Å². The molecule has 518 valence electrons. The lowest BCUT2D eigenvalue weighted by Gasteiger charge is -2.47. The number of aryl methyl sites for hydroxylation is 6. The van der Waals surface area contributed by atoms with Crippen molar-refractivity contribution in [3.8, 4) is 51.7 Å². The van der Waals surface area contributed by atoms with Gasteiger partial charge in [-0.05, 0) is 210 Å². The molecule has 7 heterocycles. The molecule has 0 bridgehead atoms. The zero-order valence-electron chi connectivity index (χ0n) is 61.7. The van der Waals surface area contributed by atoms with Crippen LogP contribution in [0.2, 0.25) is 0 Å². The first kappa shape index (κ1) is 66.2. The summed E-state index contributed by atoms with van der Waals surface area (Å²) < 4.78 is 32.9. The van der Waals surface area contributed by atoms with Crippen LogP contribution >= 0.6 is 0 Å². The van der Waals surface area contributed by atoms with Gasteiger partial charge in [0.2, 0.25) is 0 Å². The number of rotatable bonds is 25. The molecule has 0 spiro atoms. The van der Waals surface area contributed by atoms with E-state index in [9.17, 15) is 0 Å². The summed E-state index contributed by atoms with van der Waals surface area (Å²) in [6.07, 6.45) is 28.7. The fraction of sp³-hybridized carbons (Fsp3) is 0.298. The highest BCUT2D eigenvalue weighted by Gasteiger charge is 2.54. The summed E-state index contributed by atoms with van der Waals surface area (Å²) in [6, 6.07) is 73.5. The van der Waals surface area contributed by atoms with Gasteiger partial charge in [-0.1, -0.05) is 226 Å². The van der Waals surface area contributed by atoms with Gasteiger partial charge in [-0.15, -0.1) is 0 Å². The minimum absolute atomic E-state index is 0.159. The van der Waals surface area contributed by atoms with Gasteiger partial charge in [0, 0.05) is 68.0 Å². The minimum Gasteiger partial charge on any atom is -0.459 e. The van der Waals surface area contributed by atoms with Gasteiger partial charge in [0.15, 0.2) is 0 Å².